The topological polar surface area (TPSA) is 41.1 Å². The summed E-state index contributed by atoms with van der Waals surface area (Å²) in [6.45, 7) is 2.95. The van der Waals surface area contributed by atoms with Gasteiger partial charge in [-0.05, 0) is 48.7 Å². The SMILES string of the molecule is C[C@@H](NC(=O)c1ccc2c(c1)CCN2)c1ccccc1Br. The Balaban J connectivity index is 1.76. The molecule has 0 aliphatic carbocycles. The molecule has 0 unspecified atom stereocenters. The molecule has 0 fully saturated rings. The third kappa shape index (κ3) is 2.95. The first-order valence-corrected chi connectivity index (χ1v) is 7.86. The van der Waals surface area contributed by atoms with E-state index in [2.05, 4.69) is 26.6 Å². The number of carbonyl (C=O) groups is 1. The Kier molecular flexibility index (Phi) is 3.97. The van der Waals surface area contributed by atoms with Crippen molar-refractivity contribution in [2.75, 3.05) is 11.9 Å². The number of hydrogen-bond donors (Lipinski definition) is 2. The van der Waals surface area contributed by atoms with Crippen molar-refractivity contribution in [2.24, 2.45) is 0 Å². The monoisotopic (exact) mass is 344 g/mol. The summed E-state index contributed by atoms with van der Waals surface area (Å²) >= 11 is 3.52. The van der Waals surface area contributed by atoms with Crippen LogP contribution in [0.3, 0.4) is 0 Å². The van der Waals surface area contributed by atoms with Gasteiger partial charge in [-0.2, -0.15) is 0 Å². The van der Waals surface area contributed by atoms with E-state index < -0.39 is 0 Å². The van der Waals surface area contributed by atoms with Crippen LogP contribution in [0.25, 0.3) is 0 Å². The minimum Gasteiger partial charge on any atom is -0.384 e. The first-order chi connectivity index (χ1) is 10.1. The van der Waals surface area contributed by atoms with E-state index in [9.17, 15) is 4.79 Å². The lowest BCUT2D eigenvalue weighted by atomic mass is 10.1. The zero-order valence-electron chi connectivity index (χ0n) is 11.8. The van der Waals surface area contributed by atoms with E-state index in [1.807, 2.05) is 49.4 Å². The highest BCUT2D eigenvalue weighted by atomic mass is 79.9. The maximum absolute atomic E-state index is 12.4. The van der Waals surface area contributed by atoms with E-state index in [4.69, 9.17) is 0 Å². The highest BCUT2D eigenvalue weighted by Crippen LogP contribution is 2.25. The maximum Gasteiger partial charge on any atom is 0.251 e. The molecule has 4 heteroatoms. The van der Waals surface area contributed by atoms with E-state index >= 15 is 0 Å². The van der Waals surface area contributed by atoms with Crippen molar-refractivity contribution in [1.82, 2.24) is 5.32 Å². The second-order valence-corrected chi connectivity index (χ2v) is 6.12. The second kappa shape index (κ2) is 5.90. The van der Waals surface area contributed by atoms with Gasteiger partial charge in [0.2, 0.25) is 0 Å². The number of halogens is 1. The average Bonchev–Trinajstić information content (AvgIpc) is 2.94. The summed E-state index contributed by atoms with van der Waals surface area (Å²) in [7, 11) is 0. The number of nitrogens with one attached hydrogen (secondary N) is 2. The Morgan fingerprint density at radius 3 is 2.90 bits per heavy atom. The van der Waals surface area contributed by atoms with Crippen molar-refractivity contribution >= 4 is 27.5 Å². The Labute approximate surface area is 132 Å². The van der Waals surface area contributed by atoms with Crippen molar-refractivity contribution in [3.05, 3.63) is 63.6 Å². The number of rotatable bonds is 3. The zero-order chi connectivity index (χ0) is 14.8. The molecule has 1 amide bonds. The molecule has 21 heavy (non-hydrogen) atoms. The van der Waals surface area contributed by atoms with Gasteiger partial charge < -0.3 is 10.6 Å². The van der Waals surface area contributed by atoms with Crippen LogP contribution in [0.1, 0.15) is 34.5 Å². The van der Waals surface area contributed by atoms with Crippen LogP contribution in [0.5, 0.6) is 0 Å². The molecule has 0 aromatic heterocycles. The minimum absolute atomic E-state index is 0.0343. The smallest absolute Gasteiger partial charge is 0.251 e. The number of amides is 1. The lowest BCUT2D eigenvalue weighted by Gasteiger charge is -2.16. The normalized spacial score (nSPS) is 14.2. The largest absolute Gasteiger partial charge is 0.384 e. The van der Waals surface area contributed by atoms with E-state index in [1.165, 1.54) is 5.56 Å². The molecule has 0 radical (unpaired) electrons. The summed E-state index contributed by atoms with van der Waals surface area (Å²) in [5, 5.41) is 6.36. The van der Waals surface area contributed by atoms with Gasteiger partial charge in [0.1, 0.15) is 0 Å². The molecule has 0 bridgehead atoms. The van der Waals surface area contributed by atoms with Crippen LogP contribution >= 0.6 is 15.9 Å². The van der Waals surface area contributed by atoms with Crippen molar-refractivity contribution < 1.29 is 4.79 Å². The molecule has 0 spiro atoms. The first-order valence-electron chi connectivity index (χ1n) is 7.07. The summed E-state index contributed by atoms with van der Waals surface area (Å²) < 4.78 is 1.01. The van der Waals surface area contributed by atoms with Crippen molar-refractivity contribution in [3.63, 3.8) is 0 Å². The lowest BCUT2D eigenvalue weighted by Crippen LogP contribution is -2.26. The molecular formula is C17H17BrN2O. The molecule has 2 aromatic carbocycles. The van der Waals surface area contributed by atoms with Gasteiger partial charge in [0.05, 0.1) is 6.04 Å². The van der Waals surface area contributed by atoms with Crippen LogP contribution in [0.2, 0.25) is 0 Å². The predicted molar refractivity (Wildman–Crippen MR) is 88.7 cm³/mol. The highest BCUT2D eigenvalue weighted by molar-refractivity contribution is 9.10. The van der Waals surface area contributed by atoms with Crippen LogP contribution in [-0.4, -0.2) is 12.5 Å². The van der Waals surface area contributed by atoms with Gasteiger partial charge in [-0.25, -0.2) is 0 Å². The number of anilines is 1. The molecule has 1 aliphatic heterocycles. The Bertz CT molecular complexity index is 684. The van der Waals surface area contributed by atoms with Crippen LogP contribution in [0.15, 0.2) is 46.9 Å². The molecule has 3 nitrogen and oxygen atoms in total. The Morgan fingerprint density at radius 2 is 2.10 bits per heavy atom. The van der Waals surface area contributed by atoms with Crippen molar-refractivity contribution in [3.8, 4) is 0 Å². The van der Waals surface area contributed by atoms with Gasteiger partial charge in [0, 0.05) is 22.3 Å². The number of carbonyl (C=O) groups excluding carboxylic acids is 1. The van der Waals surface area contributed by atoms with Gasteiger partial charge in [0.25, 0.3) is 5.91 Å². The summed E-state index contributed by atoms with van der Waals surface area (Å²) in [5.74, 6) is -0.0343. The molecular weight excluding hydrogens is 328 g/mol. The molecule has 0 saturated carbocycles. The first kappa shape index (κ1) is 14.1. The average molecular weight is 345 g/mol. The summed E-state index contributed by atoms with van der Waals surface area (Å²) in [6.07, 6.45) is 0.982. The molecule has 2 N–H and O–H groups in total. The number of fused-ring (bicyclic) bond motifs is 1. The van der Waals surface area contributed by atoms with Gasteiger partial charge in [0.15, 0.2) is 0 Å². The Morgan fingerprint density at radius 1 is 1.29 bits per heavy atom. The third-order valence-corrected chi connectivity index (χ3v) is 4.52. The Hall–Kier alpha value is -1.81. The standard InChI is InChI=1S/C17H17BrN2O/c1-11(14-4-2-3-5-15(14)18)20-17(21)13-6-7-16-12(10-13)8-9-19-16/h2-7,10-11,19H,8-9H2,1H3,(H,20,21)/t11-/m1/s1. The van der Waals surface area contributed by atoms with Crippen LogP contribution < -0.4 is 10.6 Å². The summed E-state index contributed by atoms with van der Waals surface area (Å²) in [4.78, 5) is 12.4. The van der Waals surface area contributed by atoms with Gasteiger partial charge in [-0.15, -0.1) is 0 Å². The molecule has 108 valence electrons. The third-order valence-electron chi connectivity index (χ3n) is 3.80. The van der Waals surface area contributed by atoms with Crippen molar-refractivity contribution in [2.45, 2.75) is 19.4 Å². The second-order valence-electron chi connectivity index (χ2n) is 5.27. The van der Waals surface area contributed by atoms with E-state index in [0.717, 1.165) is 34.3 Å². The van der Waals surface area contributed by atoms with E-state index in [0.29, 0.717) is 0 Å². The minimum atomic E-state index is -0.0422. The fourth-order valence-electron chi connectivity index (χ4n) is 2.63. The van der Waals surface area contributed by atoms with Gasteiger partial charge in [-0.1, -0.05) is 34.1 Å². The number of benzene rings is 2. The predicted octanol–water partition coefficient (Wildman–Crippen LogP) is 3.91. The molecule has 1 atom stereocenters. The summed E-state index contributed by atoms with van der Waals surface area (Å²) in [5.41, 5.74) is 4.16. The van der Waals surface area contributed by atoms with Gasteiger partial charge >= 0.3 is 0 Å². The molecule has 3 rings (SSSR count). The molecule has 2 aromatic rings. The summed E-state index contributed by atoms with van der Waals surface area (Å²) in [6, 6.07) is 13.7. The van der Waals surface area contributed by atoms with Crippen LogP contribution in [0, 0.1) is 0 Å². The van der Waals surface area contributed by atoms with E-state index in [1.54, 1.807) is 0 Å². The fraction of sp³-hybridized carbons (Fsp3) is 0.235. The fourth-order valence-corrected chi connectivity index (χ4v) is 3.26. The van der Waals surface area contributed by atoms with E-state index in [-0.39, 0.29) is 11.9 Å². The highest BCUT2D eigenvalue weighted by Gasteiger charge is 2.16. The molecule has 1 heterocycles. The molecule has 1 aliphatic rings. The maximum atomic E-state index is 12.4. The number of hydrogen-bond acceptors (Lipinski definition) is 2. The molecule has 0 saturated heterocycles. The lowest BCUT2D eigenvalue weighted by molar-refractivity contribution is 0.0939. The zero-order valence-corrected chi connectivity index (χ0v) is 13.4. The van der Waals surface area contributed by atoms with Crippen LogP contribution in [-0.2, 0) is 6.42 Å². The van der Waals surface area contributed by atoms with Crippen LogP contribution in [0.4, 0.5) is 5.69 Å². The van der Waals surface area contributed by atoms with Gasteiger partial charge in [-0.3, -0.25) is 4.79 Å². The quantitative estimate of drug-likeness (QED) is 0.886. The van der Waals surface area contributed by atoms with Crippen molar-refractivity contribution in [1.29, 1.82) is 0 Å².